The molecule has 1 aliphatic heterocycles. The van der Waals surface area contributed by atoms with E-state index in [-0.39, 0.29) is 11.5 Å². The zero-order valence-electron chi connectivity index (χ0n) is 10.2. The van der Waals surface area contributed by atoms with E-state index in [0.29, 0.717) is 23.5 Å². The maximum absolute atomic E-state index is 13.3. The predicted octanol–water partition coefficient (Wildman–Crippen LogP) is 4.14. The SMILES string of the molecule is CC(C)c1ccc(C2(C(F)(F)F)N=S=NSN2)cc1. The number of rotatable bonds is 2. The molecule has 3 nitrogen and oxygen atoms in total. The van der Waals surface area contributed by atoms with Gasteiger partial charge in [0.15, 0.2) is 0 Å². The van der Waals surface area contributed by atoms with Gasteiger partial charge >= 0.3 is 6.18 Å². The molecule has 1 N–H and O–H groups in total. The monoisotopic (exact) mass is 307 g/mol. The largest absolute Gasteiger partial charge is 0.433 e. The molecule has 0 radical (unpaired) electrons. The third kappa shape index (κ3) is 2.70. The van der Waals surface area contributed by atoms with E-state index >= 15 is 0 Å². The number of halogens is 3. The molecule has 1 aromatic carbocycles. The molecule has 0 bridgehead atoms. The summed E-state index contributed by atoms with van der Waals surface area (Å²) in [6.45, 7) is 3.98. The first-order valence-electron chi connectivity index (χ1n) is 5.56. The van der Waals surface area contributed by atoms with Crippen LogP contribution in [0.5, 0.6) is 0 Å². The summed E-state index contributed by atoms with van der Waals surface area (Å²) in [5.41, 5.74) is -1.35. The van der Waals surface area contributed by atoms with Gasteiger partial charge in [0.25, 0.3) is 5.66 Å². The Morgan fingerprint density at radius 2 is 1.84 bits per heavy atom. The molecule has 1 unspecified atom stereocenters. The number of nitrogens with zero attached hydrogens (tertiary/aromatic N) is 2. The van der Waals surface area contributed by atoms with E-state index in [4.69, 9.17) is 0 Å². The molecule has 2 rings (SSSR count). The van der Waals surface area contributed by atoms with Gasteiger partial charge in [-0.15, -0.1) is 3.77 Å². The average Bonchev–Trinajstić information content (AvgIpc) is 2.38. The lowest BCUT2D eigenvalue weighted by Gasteiger charge is -2.31. The van der Waals surface area contributed by atoms with Crippen molar-refractivity contribution in [2.24, 2.45) is 8.13 Å². The average molecular weight is 307 g/mol. The molecule has 1 atom stereocenters. The van der Waals surface area contributed by atoms with Crippen molar-refractivity contribution in [2.75, 3.05) is 0 Å². The molecule has 0 saturated carbocycles. The van der Waals surface area contributed by atoms with Gasteiger partial charge in [-0.1, -0.05) is 38.1 Å². The van der Waals surface area contributed by atoms with E-state index in [1.165, 1.54) is 12.1 Å². The highest BCUT2D eigenvalue weighted by Gasteiger charge is 2.58. The lowest BCUT2D eigenvalue weighted by Crippen LogP contribution is -2.50. The van der Waals surface area contributed by atoms with Crippen LogP contribution in [0.15, 0.2) is 32.4 Å². The highest BCUT2D eigenvalue weighted by Crippen LogP contribution is 2.43. The zero-order chi connectivity index (χ0) is 14.1. The number of alkyl halides is 3. The van der Waals surface area contributed by atoms with Crippen molar-refractivity contribution >= 4 is 23.5 Å². The Morgan fingerprint density at radius 3 is 2.26 bits per heavy atom. The Kier molecular flexibility index (Phi) is 4.03. The molecule has 104 valence electrons. The smallest absolute Gasteiger partial charge is 0.205 e. The van der Waals surface area contributed by atoms with Gasteiger partial charge in [0.05, 0.1) is 23.5 Å². The summed E-state index contributed by atoms with van der Waals surface area (Å²) in [4.78, 5) is 0. The Bertz CT molecular complexity index is 521. The standard InChI is InChI=1S/C11H12F3N3S2/c1-7(2)8-3-5-9(6-4-8)10(11(12,13)14)15-18-17-19-16-10/h3-7,15H,1-2H3. The van der Waals surface area contributed by atoms with Gasteiger partial charge in [0, 0.05) is 5.56 Å². The summed E-state index contributed by atoms with van der Waals surface area (Å²) in [5, 5.41) is 0. The van der Waals surface area contributed by atoms with Gasteiger partial charge < -0.3 is 0 Å². The third-order valence-electron chi connectivity index (χ3n) is 2.85. The molecular weight excluding hydrogens is 295 g/mol. The Hall–Kier alpha value is -0.860. The van der Waals surface area contributed by atoms with Crippen molar-refractivity contribution in [3.63, 3.8) is 0 Å². The van der Waals surface area contributed by atoms with Crippen LogP contribution in [0.3, 0.4) is 0 Å². The van der Waals surface area contributed by atoms with Crippen LogP contribution in [0.4, 0.5) is 13.2 Å². The third-order valence-corrected chi connectivity index (χ3v) is 4.15. The summed E-state index contributed by atoms with van der Waals surface area (Å²) in [7, 11) is 0. The molecule has 0 amide bonds. The number of hydrogen-bond acceptors (Lipinski definition) is 4. The van der Waals surface area contributed by atoms with E-state index in [9.17, 15) is 13.2 Å². The van der Waals surface area contributed by atoms with Crippen molar-refractivity contribution in [3.05, 3.63) is 35.4 Å². The van der Waals surface area contributed by atoms with Crippen LogP contribution in [0.25, 0.3) is 0 Å². The molecule has 1 heterocycles. The molecule has 0 aromatic heterocycles. The summed E-state index contributed by atoms with van der Waals surface area (Å²) in [5.74, 6) is 0.269. The maximum atomic E-state index is 13.3. The van der Waals surface area contributed by atoms with Crippen molar-refractivity contribution in [3.8, 4) is 0 Å². The van der Waals surface area contributed by atoms with E-state index in [1.54, 1.807) is 12.1 Å². The normalized spacial score (nSPS) is 23.5. The predicted molar refractivity (Wildman–Crippen MR) is 71.2 cm³/mol. The minimum atomic E-state index is -4.53. The van der Waals surface area contributed by atoms with Gasteiger partial charge in [-0.25, -0.2) is 4.72 Å². The summed E-state index contributed by atoms with van der Waals surface area (Å²) < 4.78 is 49.4. The topological polar surface area (TPSA) is 36.8 Å². The Morgan fingerprint density at radius 1 is 1.21 bits per heavy atom. The first kappa shape index (κ1) is 14.5. The van der Waals surface area contributed by atoms with Gasteiger partial charge in [0.2, 0.25) is 0 Å². The van der Waals surface area contributed by atoms with Crippen LogP contribution in [0.1, 0.15) is 30.9 Å². The second kappa shape index (κ2) is 5.26. The zero-order valence-corrected chi connectivity index (χ0v) is 11.9. The molecule has 19 heavy (non-hydrogen) atoms. The van der Waals surface area contributed by atoms with Gasteiger partial charge in [-0.2, -0.15) is 17.5 Å². The quantitative estimate of drug-likeness (QED) is 0.834. The van der Waals surface area contributed by atoms with Gasteiger partial charge in [-0.05, 0) is 11.5 Å². The minimum absolute atomic E-state index is 0.0688. The lowest BCUT2D eigenvalue weighted by molar-refractivity contribution is -0.191. The summed E-state index contributed by atoms with van der Waals surface area (Å²) >= 11 is 1.22. The maximum Gasteiger partial charge on any atom is 0.433 e. The molecular formula is C11H12F3N3S2. The van der Waals surface area contributed by atoms with Crippen LogP contribution >= 0.6 is 12.1 Å². The number of benzene rings is 1. The molecule has 0 saturated heterocycles. The molecule has 0 spiro atoms. The highest BCUT2D eigenvalue weighted by atomic mass is 32.2. The lowest BCUT2D eigenvalue weighted by atomic mass is 9.96. The van der Waals surface area contributed by atoms with Crippen LogP contribution in [-0.4, -0.2) is 6.18 Å². The van der Waals surface area contributed by atoms with E-state index in [0.717, 1.165) is 5.56 Å². The second-order valence-corrected chi connectivity index (χ2v) is 5.75. The summed E-state index contributed by atoms with van der Waals surface area (Å²) in [6.07, 6.45) is -4.53. The first-order chi connectivity index (χ1) is 8.87. The van der Waals surface area contributed by atoms with Crippen molar-refractivity contribution in [1.29, 1.82) is 0 Å². The fraction of sp³-hybridized carbons (Fsp3) is 0.455. The van der Waals surface area contributed by atoms with Crippen LogP contribution < -0.4 is 4.72 Å². The first-order valence-corrected chi connectivity index (χ1v) is 7.06. The Labute approximate surface area is 117 Å². The number of nitrogens with one attached hydrogen (secondary N) is 1. The Balaban J connectivity index is 2.48. The van der Waals surface area contributed by atoms with Crippen molar-refractivity contribution in [2.45, 2.75) is 31.6 Å². The fourth-order valence-corrected chi connectivity index (χ4v) is 2.95. The minimum Gasteiger partial charge on any atom is -0.205 e. The fourth-order valence-electron chi connectivity index (χ4n) is 1.69. The summed E-state index contributed by atoms with van der Waals surface area (Å²) in [6, 6.07) is 6.33. The molecule has 0 aliphatic carbocycles. The van der Waals surface area contributed by atoms with Crippen LogP contribution in [0, 0.1) is 0 Å². The molecule has 1 aromatic rings. The number of hydrogen-bond donors (Lipinski definition) is 1. The van der Waals surface area contributed by atoms with Crippen LogP contribution in [-0.2, 0) is 17.0 Å². The van der Waals surface area contributed by atoms with E-state index in [1.807, 2.05) is 13.8 Å². The van der Waals surface area contributed by atoms with Gasteiger partial charge in [-0.3, -0.25) is 0 Å². The van der Waals surface area contributed by atoms with Crippen LogP contribution in [0.2, 0.25) is 0 Å². The van der Waals surface area contributed by atoms with E-state index in [2.05, 4.69) is 12.9 Å². The molecule has 8 heteroatoms. The van der Waals surface area contributed by atoms with Crippen molar-refractivity contribution in [1.82, 2.24) is 4.72 Å². The van der Waals surface area contributed by atoms with Crippen molar-refractivity contribution < 1.29 is 13.2 Å². The molecule has 1 aliphatic rings. The van der Waals surface area contributed by atoms with E-state index < -0.39 is 11.8 Å². The second-order valence-electron chi connectivity index (χ2n) is 4.43. The van der Waals surface area contributed by atoms with Gasteiger partial charge in [0.1, 0.15) is 0 Å². The molecule has 0 fully saturated rings. The highest BCUT2D eigenvalue weighted by molar-refractivity contribution is 7.99.